The summed E-state index contributed by atoms with van der Waals surface area (Å²) in [6.45, 7) is 0.769. The van der Waals surface area contributed by atoms with Crippen LogP contribution in [0.5, 0.6) is 0 Å². The Morgan fingerprint density at radius 2 is 2.25 bits per heavy atom. The Morgan fingerprint density at radius 3 is 3.00 bits per heavy atom. The molecule has 3 rings (SSSR count). The standard InChI is InChI=1S/C12H13ClN6S/c1-14-12-18-10(9-11(19-12)17-6-16-9)15-5-4-7-2-3-8(13)20-7/h2-3,6H,4-5H2,1H3,(H3,14,15,16,17,18,19). The summed E-state index contributed by atoms with van der Waals surface area (Å²) in [6.07, 6.45) is 2.51. The van der Waals surface area contributed by atoms with Crippen LogP contribution < -0.4 is 10.6 Å². The van der Waals surface area contributed by atoms with Gasteiger partial charge in [0.15, 0.2) is 11.5 Å². The molecule has 8 heteroatoms. The molecule has 6 nitrogen and oxygen atoms in total. The molecule has 0 fully saturated rings. The number of nitrogens with one attached hydrogen (secondary N) is 3. The highest BCUT2D eigenvalue weighted by Gasteiger charge is 2.08. The average Bonchev–Trinajstić information content (AvgIpc) is 3.07. The first kappa shape index (κ1) is 13.1. The van der Waals surface area contributed by atoms with Crippen LogP contribution in [0.1, 0.15) is 4.88 Å². The molecule has 3 N–H and O–H groups in total. The largest absolute Gasteiger partial charge is 0.368 e. The van der Waals surface area contributed by atoms with Gasteiger partial charge < -0.3 is 15.6 Å². The molecule has 0 spiro atoms. The summed E-state index contributed by atoms with van der Waals surface area (Å²) >= 11 is 7.51. The van der Waals surface area contributed by atoms with Crippen molar-refractivity contribution in [2.45, 2.75) is 6.42 Å². The highest BCUT2D eigenvalue weighted by atomic mass is 35.5. The van der Waals surface area contributed by atoms with Crippen LogP contribution in [0.2, 0.25) is 4.34 Å². The Labute approximate surface area is 124 Å². The van der Waals surface area contributed by atoms with Gasteiger partial charge in [0.05, 0.1) is 10.7 Å². The number of aromatic nitrogens is 4. The van der Waals surface area contributed by atoms with Gasteiger partial charge in [0.1, 0.15) is 5.52 Å². The Kier molecular flexibility index (Phi) is 3.70. The second-order valence-corrected chi connectivity index (χ2v) is 5.93. The SMILES string of the molecule is CNc1nc(NCCc2ccc(Cl)s2)c2[nH]cnc2n1. The zero-order valence-electron chi connectivity index (χ0n) is 10.8. The van der Waals surface area contributed by atoms with Crippen molar-refractivity contribution in [1.29, 1.82) is 0 Å². The van der Waals surface area contributed by atoms with E-state index in [0.717, 1.165) is 28.6 Å². The average molecular weight is 309 g/mol. The van der Waals surface area contributed by atoms with Crippen molar-refractivity contribution in [1.82, 2.24) is 19.9 Å². The zero-order chi connectivity index (χ0) is 13.9. The molecule has 3 aromatic heterocycles. The number of rotatable bonds is 5. The van der Waals surface area contributed by atoms with Crippen molar-refractivity contribution in [2.24, 2.45) is 0 Å². The molecule has 3 heterocycles. The summed E-state index contributed by atoms with van der Waals surface area (Å²) in [6, 6.07) is 3.96. The van der Waals surface area contributed by atoms with E-state index in [-0.39, 0.29) is 0 Å². The third-order valence-corrected chi connectivity index (χ3v) is 4.09. The van der Waals surface area contributed by atoms with E-state index in [9.17, 15) is 0 Å². The number of imidazole rings is 1. The van der Waals surface area contributed by atoms with Gasteiger partial charge in [0.2, 0.25) is 5.95 Å². The van der Waals surface area contributed by atoms with Crippen LogP contribution in [0, 0.1) is 0 Å². The third kappa shape index (κ3) is 2.68. The fourth-order valence-electron chi connectivity index (χ4n) is 1.86. The molecule has 0 bridgehead atoms. The van der Waals surface area contributed by atoms with Gasteiger partial charge in [-0.15, -0.1) is 11.3 Å². The molecule has 0 aliphatic carbocycles. The van der Waals surface area contributed by atoms with E-state index in [4.69, 9.17) is 11.6 Å². The van der Waals surface area contributed by atoms with Crippen LogP contribution >= 0.6 is 22.9 Å². The first-order valence-electron chi connectivity index (χ1n) is 6.13. The molecule has 0 saturated heterocycles. The maximum atomic E-state index is 5.92. The number of anilines is 2. The second-order valence-electron chi connectivity index (χ2n) is 4.13. The number of aromatic amines is 1. The van der Waals surface area contributed by atoms with Gasteiger partial charge in [-0.05, 0) is 18.6 Å². The van der Waals surface area contributed by atoms with Crippen LogP contribution in [0.4, 0.5) is 11.8 Å². The number of fused-ring (bicyclic) bond motifs is 1. The van der Waals surface area contributed by atoms with E-state index < -0.39 is 0 Å². The molecule has 20 heavy (non-hydrogen) atoms. The molecule has 0 aliphatic heterocycles. The van der Waals surface area contributed by atoms with Gasteiger partial charge >= 0.3 is 0 Å². The van der Waals surface area contributed by atoms with Gasteiger partial charge in [0.25, 0.3) is 0 Å². The normalized spacial score (nSPS) is 10.9. The smallest absolute Gasteiger partial charge is 0.226 e. The Hall–Kier alpha value is -1.86. The van der Waals surface area contributed by atoms with Gasteiger partial charge in [-0.1, -0.05) is 11.6 Å². The van der Waals surface area contributed by atoms with E-state index >= 15 is 0 Å². The minimum atomic E-state index is 0.547. The summed E-state index contributed by atoms with van der Waals surface area (Å²) in [4.78, 5) is 17.1. The van der Waals surface area contributed by atoms with E-state index in [0.29, 0.717) is 11.6 Å². The lowest BCUT2D eigenvalue weighted by Gasteiger charge is -2.07. The lowest BCUT2D eigenvalue weighted by molar-refractivity contribution is 1.02. The highest BCUT2D eigenvalue weighted by Crippen LogP contribution is 2.22. The minimum Gasteiger partial charge on any atom is -0.368 e. The third-order valence-electron chi connectivity index (χ3n) is 2.80. The molecular weight excluding hydrogens is 296 g/mol. The van der Waals surface area contributed by atoms with Crippen molar-refractivity contribution in [3.05, 3.63) is 27.7 Å². The van der Waals surface area contributed by atoms with Crippen LogP contribution in [0.3, 0.4) is 0 Å². The highest BCUT2D eigenvalue weighted by molar-refractivity contribution is 7.16. The van der Waals surface area contributed by atoms with Gasteiger partial charge in [-0.2, -0.15) is 9.97 Å². The maximum Gasteiger partial charge on any atom is 0.226 e. The van der Waals surface area contributed by atoms with Crippen LogP contribution in [0.15, 0.2) is 18.5 Å². The molecule has 0 amide bonds. The number of halogens is 1. The summed E-state index contributed by atoms with van der Waals surface area (Å²) in [7, 11) is 1.78. The zero-order valence-corrected chi connectivity index (χ0v) is 12.3. The fourth-order valence-corrected chi connectivity index (χ4v) is 2.95. The molecule has 0 aromatic carbocycles. The lowest BCUT2D eigenvalue weighted by atomic mass is 10.3. The van der Waals surface area contributed by atoms with Crippen molar-refractivity contribution in [2.75, 3.05) is 24.2 Å². The number of hydrogen-bond donors (Lipinski definition) is 3. The maximum absolute atomic E-state index is 5.92. The number of hydrogen-bond acceptors (Lipinski definition) is 6. The van der Waals surface area contributed by atoms with Gasteiger partial charge in [-0.25, -0.2) is 4.98 Å². The van der Waals surface area contributed by atoms with Gasteiger partial charge in [-0.3, -0.25) is 0 Å². The Morgan fingerprint density at radius 1 is 1.35 bits per heavy atom. The number of H-pyrrole nitrogens is 1. The number of nitrogens with zero attached hydrogens (tertiary/aromatic N) is 3. The first-order chi connectivity index (χ1) is 9.76. The first-order valence-corrected chi connectivity index (χ1v) is 7.32. The van der Waals surface area contributed by atoms with E-state index in [1.54, 1.807) is 24.7 Å². The quantitative estimate of drug-likeness (QED) is 0.675. The Bertz CT molecular complexity index is 722. The van der Waals surface area contributed by atoms with Crippen LogP contribution in [-0.4, -0.2) is 33.5 Å². The minimum absolute atomic E-state index is 0.547. The predicted octanol–water partition coefficient (Wildman–Crippen LogP) is 2.76. The topological polar surface area (TPSA) is 78.5 Å². The van der Waals surface area contributed by atoms with Crippen molar-refractivity contribution in [3.63, 3.8) is 0 Å². The van der Waals surface area contributed by atoms with E-state index in [1.165, 1.54) is 4.88 Å². The van der Waals surface area contributed by atoms with Crippen molar-refractivity contribution >= 4 is 45.9 Å². The summed E-state index contributed by atoms with van der Waals surface area (Å²) in [5.41, 5.74) is 1.46. The summed E-state index contributed by atoms with van der Waals surface area (Å²) in [5, 5.41) is 6.24. The van der Waals surface area contributed by atoms with E-state index in [1.807, 2.05) is 12.1 Å². The van der Waals surface area contributed by atoms with E-state index in [2.05, 4.69) is 30.6 Å². The summed E-state index contributed by atoms with van der Waals surface area (Å²) < 4.78 is 0.815. The van der Waals surface area contributed by atoms with Crippen LogP contribution in [0.25, 0.3) is 11.2 Å². The van der Waals surface area contributed by atoms with Crippen molar-refractivity contribution in [3.8, 4) is 0 Å². The van der Waals surface area contributed by atoms with Gasteiger partial charge in [0, 0.05) is 18.5 Å². The second kappa shape index (κ2) is 5.64. The van der Waals surface area contributed by atoms with Crippen molar-refractivity contribution < 1.29 is 0 Å². The predicted molar refractivity (Wildman–Crippen MR) is 82.8 cm³/mol. The molecule has 0 unspecified atom stereocenters. The lowest BCUT2D eigenvalue weighted by Crippen LogP contribution is -2.08. The molecular formula is C12H13ClN6S. The molecule has 0 radical (unpaired) electrons. The fraction of sp³-hybridized carbons (Fsp3) is 0.250. The molecule has 0 saturated carbocycles. The monoisotopic (exact) mass is 308 g/mol. The summed E-state index contributed by atoms with van der Waals surface area (Å²) in [5.74, 6) is 1.30. The molecule has 0 aliphatic rings. The molecule has 104 valence electrons. The Balaban J connectivity index is 1.74. The van der Waals surface area contributed by atoms with Crippen LogP contribution in [-0.2, 0) is 6.42 Å². The number of thiophene rings is 1. The molecule has 0 atom stereocenters. The molecule has 3 aromatic rings.